The predicted octanol–water partition coefficient (Wildman–Crippen LogP) is 2.06. The molecule has 4 nitrogen and oxygen atoms in total. The van der Waals surface area contributed by atoms with Gasteiger partial charge in [-0.3, -0.25) is 5.10 Å². The van der Waals surface area contributed by atoms with Gasteiger partial charge in [0.15, 0.2) is 0 Å². The third kappa shape index (κ3) is 2.38. The molecule has 0 spiro atoms. The van der Waals surface area contributed by atoms with Crippen molar-refractivity contribution >= 4 is 5.69 Å². The number of nitrogens with zero attached hydrogens (tertiary/aromatic N) is 1. The Bertz CT molecular complexity index is 505. The summed E-state index contributed by atoms with van der Waals surface area (Å²) >= 11 is 0. The van der Waals surface area contributed by atoms with Gasteiger partial charge in [-0.05, 0) is 24.0 Å². The van der Waals surface area contributed by atoms with E-state index in [9.17, 15) is 0 Å². The van der Waals surface area contributed by atoms with Gasteiger partial charge in [0.25, 0.3) is 0 Å². The molecule has 3 rings (SSSR count). The fraction of sp³-hybridized carbons (Fsp3) is 0.357. The summed E-state index contributed by atoms with van der Waals surface area (Å²) in [4.78, 5) is 0. The Kier molecular flexibility index (Phi) is 3.28. The summed E-state index contributed by atoms with van der Waals surface area (Å²) in [6.45, 7) is 2.83. The van der Waals surface area contributed by atoms with Crippen molar-refractivity contribution in [2.75, 3.05) is 11.9 Å². The highest BCUT2D eigenvalue weighted by molar-refractivity contribution is 5.59. The van der Waals surface area contributed by atoms with E-state index in [4.69, 9.17) is 0 Å². The lowest BCUT2D eigenvalue weighted by Crippen LogP contribution is -2.18. The van der Waals surface area contributed by atoms with Crippen molar-refractivity contribution in [2.24, 2.45) is 0 Å². The number of H-pyrrole nitrogens is 1. The molecule has 0 bridgehead atoms. The van der Waals surface area contributed by atoms with E-state index in [0.29, 0.717) is 0 Å². The second kappa shape index (κ2) is 5.23. The van der Waals surface area contributed by atoms with Crippen molar-refractivity contribution < 1.29 is 0 Å². The average molecular weight is 242 g/mol. The number of para-hydroxylation sites is 1. The highest BCUT2D eigenvalue weighted by Crippen LogP contribution is 2.25. The third-order valence-corrected chi connectivity index (χ3v) is 3.36. The summed E-state index contributed by atoms with van der Waals surface area (Å²) < 4.78 is 0. The second-order valence-corrected chi connectivity index (χ2v) is 4.69. The van der Waals surface area contributed by atoms with E-state index < -0.39 is 0 Å². The van der Waals surface area contributed by atoms with E-state index in [-0.39, 0.29) is 0 Å². The van der Waals surface area contributed by atoms with E-state index in [0.717, 1.165) is 19.6 Å². The van der Waals surface area contributed by atoms with Crippen LogP contribution in [0, 0.1) is 0 Å². The smallest absolute Gasteiger partial charge is 0.0532 e. The first kappa shape index (κ1) is 11.3. The van der Waals surface area contributed by atoms with Crippen molar-refractivity contribution in [3.8, 4) is 0 Å². The maximum absolute atomic E-state index is 3.94. The molecule has 0 saturated carbocycles. The van der Waals surface area contributed by atoms with Gasteiger partial charge in [0.1, 0.15) is 0 Å². The molecule has 0 unspecified atom stereocenters. The van der Waals surface area contributed by atoms with Gasteiger partial charge in [0, 0.05) is 37.1 Å². The van der Waals surface area contributed by atoms with Crippen LogP contribution in [0.4, 0.5) is 5.69 Å². The molecule has 0 fully saturated rings. The minimum absolute atomic E-state index is 0.847. The number of aromatic nitrogens is 2. The lowest BCUT2D eigenvalue weighted by atomic mass is 9.99. The van der Waals surface area contributed by atoms with Gasteiger partial charge < -0.3 is 10.6 Å². The van der Waals surface area contributed by atoms with Crippen LogP contribution in [0.3, 0.4) is 0 Å². The zero-order valence-electron chi connectivity index (χ0n) is 10.4. The summed E-state index contributed by atoms with van der Waals surface area (Å²) in [5, 5.41) is 13.7. The molecule has 1 aromatic heterocycles. The molecule has 1 aliphatic heterocycles. The number of hydrogen-bond donors (Lipinski definition) is 3. The molecule has 0 aliphatic carbocycles. The van der Waals surface area contributed by atoms with Gasteiger partial charge in [-0.2, -0.15) is 5.10 Å². The van der Waals surface area contributed by atoms with Crippen molar-refractivity contribution in [3.05, 3.63) is 47.3 Å². The number of nitrogens with one attached hydrogen (secondary N) is 3. The van der Waals surface area contributed by atoms with Crippen LogP contribution in [0.15, 0.2) is 30.6 Å². The molecule has 3 N–H and O–H groups in total. The molecule has 0 atom stereocenters. The quantitative estimate of drug-likeness (QED) is 0.769. The SMILES string of the molecule is c1cc2c(c(CNCc3cn[nH]c3)c1)NCCC2. The molecular formula is C14H18N4. The first-order valence-corrected chi connectivity index (χ1v) is 6.46. The molecule has 0 saturated heterocycles. The number of anilines is 1. The van der Waals surface area contributed by atoms with Gasteiger partial charge >= 0.3 is 0 Å². The summed E-state index contributed by atoms with van der Waals surface area (Å²) in [6, 6.07) is 6.57. The van der Waals surface area contributed by atoms with Gasteiger partial charge in [-0.25, -0.2) is 0 Å². The van der Waals surface area contributed by atoms with Gasteiger partial charge in [-0.1, -0.05) is 18.2 Å². The van der Waals surface area contributed by atoms with Crippen molar-refractivity contribution in [2.45, 2.75) is 25.9 Å². The van der Waals surface area contributed by atoms with E-state index in [1.54, 1.807) is 0 Å². The van der Waals surface area contributed by atoms with Gasteiger partial charge in [0.05, 0.1) is 6.20 Å². The first-order chi connectivity index (χ1) is 8.93. The maximum atomic E-state index is 3.94. The Morgan fingerprint density at radius 2 is 2.28 bits per heavy atom. The molecule has 18 heavy (non-hydrogen) atoms. The average Bonchev–Trinajstić information content (AvgIpc) is 2.92. The van der Waals surface area contributed by atoms with Crippen LogP contribution in [0.25, 0.3) is 0 Å². The number of rotatable bonds is 4. The van der Waals surface area contributed by atoms with Crippen LogP contribution in [0.5, 0.6) is 0 Å². The van der Waals surface area contributed by atoms with E-state index >= 15 is 0 Å². The summed E-state index contributed by atoms with van der Waals surface area (Å²) in [5.41, 5.74) is 5.33. The molecular weight excluding hydrogens is 224 g/mol. The Balaban J connectivity index is 1.65. The van der Waals surface area contributed by atoms with Gasteiger partial charge in [0.2, 0.25) is 0 Å². The van der Waals surface area contributed by atoms with Crippen LogP contribution >= 0.6 is 0 Å². The third-order valence-electron chi connectivity index (χ3n) is 3.36. The molecule has 2 heterocycles. The number of aryl methyl sites for hydroxylation is 1. The zero-order valence-corrected chi connectivity index (χ0v) is 10.4. The normalized spacial score (nSPS) is 14.0. The molecule has 4 heteroatoms. The highest BCUT2D eigenvalue weighted by Gasteiger charge is 2.11. The molecule has 1 aromatic carbocycles. The second-order valence-electron chi connectivity index (χ2n) is 4.69. The maximum Gasteiger partial charge on any atom is 0.0532 e. The van der Waals surface area contributed by atoms with E-state index in [1.165, 1.54) is 35.2 Å². The van der Waals surface area contributed by atoms with E-state index in [1.807, 2.05) is 12.4 Å². The molecule has 2 aromatic rings. The van der Waals surface area contributed by atoms with Crippen molar-refractivity contribution in [3.63, 3.8) is 0 Å². The number of aromatic amines is 1. The lowest BCUT2D eigenvalue weighted by molar-refractivity contribution is 0.690. The van der Waals surface area contributed by atoms with Crippen LogP contribution in [0.2, 0.25) is 0 Å². The number of benzene rings is 1. The topological polar surface area (TPSA) is 52.7 Å². The number of fused-ring (bicyclic) bond motifs is 1. The Morgan fingerprint density at radius 3 is 3.17 bits per heavy atom. The molecule has 0 radical (unpaired) electrons. The standard InChI is InChI=1S/C14H18N4/c1-3-12-5-2-6-16-14(12)13(4-1)10-15-7-11-8-17-18-9-11/h1,3-4,8-9,15-16H,2,5-7,10H2,(H,17,18). The van der Waals surface area contributed by atoms with Crippen LogP contribution in [0.1, 0.15) is 23.1 Å². The fourth-order valence-electron chi connectivity index (χ4n) is 2.44. The minimum atomic E-state index is 0.847. The number of hydrogen-bond acceptors (Lipinski definition) is 3. The Morgan fingerprint density at radius 1 is 1.28 bits per heavy atom. The molecule has 1 aliphatic rings. The summed E-state index contributed by atoms with van der Waals surface area (Å²) in [6.07, 6.45) is 6.20. The largest absolute Gasteiger partial charge is 0.385 e. The Hall–Kier alpha value is -1.81. The van der Waals surface area contributed by atoms with Crippen molar-refractivity contribution in [1.29, 1.82) is 0 Å². The van der Waals surface area contributed by atoms with Crippen molar-refractivity contribution in [1.82, 2.24) is 15.5 Å². The Labute approximate surface area is 107 Å². The van der Waals surface area contributed by atoms with Crippen LogP contribution < -0.4 is 10.6 Å². The summed E-state index contributed by atoms with van der Waals surface area (Å²) in [7, 11) is 0. The minimum Gasteiger partial charge on any atom is -0.385 e. The van der Waals surface area contributed by atoms with E-state index in [2.05, 4.69) is 39.0 Å². The highest BCUT2D eigenvalue weighted by atomic mass is 15.1. The monoisotopic (exact) mass is 242 g/mol. The zero-order chi connectivity index (χ0) is 12.2. The van der Waals surface area contributed by atoms with Gasteiger partial charge in [-0.15, -0.1) is 0 Å². The molecule has 94 valence electrons. The molecule has 0 amide bonds. The lowest BCUT2D eigenvalue weighted by Gasteiger charge is -2.21. The predicted molar refractivity (Wildman–Crippen MR) is 72.4 cm³/mol. The van der Waals surface area contributed by atoms with Crippen LogP contribution in [-0.4, -0.2) is 16.7 Å². The summed E-state index contributed by atoms with van der Waals surface area (Å²) in [5.74, 6) is 0. The van der Waals surface area contributed by atoms with Crippen LogP contribution in [-0.2, 0) is 19.5 Å². The fourth-order valence-corrected chi connectivity index (χ4v) is 2.44. The first-order valence-electron chi connectivity index (χ1n) is 6.46.